The smallest absolute Gasteiger partial charge is 0.224 e. The van der Waals surface area contributed by atoms with Crippen LogP contribution in [0.15, 0.2) is 0 Å². The molecule has 0 aromatic carbocycles. The topological polar surface area (TPSA) is 41.1 Å². The molecule has 5 unspecified atom stereocenters. The van der Waals surface area contributed by atoms with Gasteiger partial charge in [-0.3, -0.25) is 4.79 Å². The second kappa shape index (κ2) is 4.21. The van der Waals surface area contributed by atoms with Crippen LogP contribution in [-0.4, -0.2) is 24.5 Å². The van der Waals surface area contributed by atoms with Gasteiger partial charge in [-0.15, -0.1) is 0 Å². The molecule has 0 radical (unpaired) electrons. The maximum atomic E-state index is 12.6. The van der Waals surface area contributed by atoms with E-state index in [9.17, 15) is 4.79 Å². The molecule has 0 spiro atoms. The van der Waals surface area contributed by atoms with Gasteiger partial charge in [0.1, 0.15) is 0 Å². The van der Waals surface area contributed by atoms with Gasteiger partial charge >= 0.3 is 0 Å². The lowest BCUT2D eigenvalue weighted by Crippen LogP contribution is -2.54. The lowest BCUT2D eigenvalue weighted by Gasteiger charge is -2.43. The number of amides is 1. The highest BCUT2D eigenvalue weighted by atomic mass is 16.2. The zero-order valence-corrected chi connectivity index (χ0v) is 12.8. The SMILES string of the molecule is CC1NCCC1C(=O)NC1C2(C)CCC(C2)C1(C)C. The van der Waals surface area contributed by atoms with Gasteiger partial charge in [0.2, 0.25) is 5.91 Å². The van der Waals surface area contributed by atoms with Gasteiger partial charge in [0.25, 0.3) is 0 Å². The first kappa shape index (κ1) is 13.4. The minimum absolute atomic E-state index is 0.165. The molecule has 0 aromatic rings. The summed E-state index contributed by atoms with van der Waals surface area (Å²) in [5.41, 5.74) is 0.594. The van der Waals surface area contributed by atoms with E-state index >= 15 is 0 Å². The van der Waals surface area contributed by atoms with E-state index in [1.165, 1.54) is 19.3 Å². The van der Waals surface area contributed by atoms with E-state index in [4.69, 9.17) is 0 Å². The first-order valence-corrected chi connectivity index (χ1v) is 7.88. The van der Waals surface area contributed by atoms with Gasteiger partial charge in [0.15, 0.2) is 0 Å². The van der Waals surface area contributed by atoms with Gasteiger partial charge in [0, 0.05) is 12.1 Å². The van der Waals surface area contributed by atoms with Crippen LogP contribution in [0.4, 0.5) is 0 Å². The van der Waals surface area contributed by atoms with Crippen molar-refractivity contribution in [2.75, 3.05) is 6.54 Å². The molecular weight excluding hydrogens is 236 g/mol. The van der Waals surface area contributed by atoms with Gasteiger partial charge < -0.3 is 10.6 Å². The number of hydrogen-bond acceptors (Lipinski definition) is 2. The molecule has 1 heterocycles. The predicted molar refractivity (Wildman–Crippen MR) is 76.7 cm³/mol. The molecular formula is C16H28N2O. The zero-order chi connectivity index (χ0) is 13.8. The quantitative estimate of drug-likeness (QED) is 0.803. The molecule has 108 valence electrons. The fraction of sp³-hybridized carbons (Fsp3) is 0.938. The number of fused-ring (bicyclic) bond motifs is 2. The Hall–Kier alpha value is -0.570. The lowest BCUT2D eigenvalue weighted by molar-refractivity contribution is -0.128. The largest absolute Gasteiger partial charge is 0.352 e. The first-order valence-electron chi connectivity index (χ1n) is 7.88. The number of carbonyl (C=O) groups excluding carboxylic acids is 1. The maximum absolute atomic E-state index is 12.6. The van der Waals surface area contributed by atoms with Crippen molar-refractivity contribution < 1.29 is 4.79 Å². The molecule has 0 aromatic heterocycles. The normalized spacial score (nSPS) is 47.6. The third-order valence-electron chi connectivity index (χ3n) is 6.42. The van der Waals surface area contributed by atoms with Crippen molar-refractivity contribution in [2.24, 2.45) is 22.7 Å². The Kier molecular flexibility index (Phi) is 2.97. The van der Waals surface area contributed by atoms with E-state index in [-0.39, 0.29) is 17.2 Å². The minimum Gasteiger partial charge on any atom is -0.352 e. The number of hydrogen-bond donors (Lipinski definition) is 2. The molecule has 1 aliphatic heterocycles. The van der Waals surface area contributed by atoms with Crippen LogP contribution in [0.3, 0.4) is 0 Å². The van der Waals surface area contributed by atoms with Crippen LogP contribution in [0.2, 0.25) is 0 Å². The summed E-state index contributed by atoms with van der Waals surface area (Å²) in [5.74, 6) is 1.24. The monoisotopic (exact) mass is 264 g/mol. The zero-order valence-electron chi connectivity index (χ0n) is 12.8. The maximum Gasteiger partial charge on any atom is 0.224 e. The van der Waals surface area contributed by atoms with Crippen molar-refractivity contribution in [2.45, 2.75) is 65.5 Å². The highest BCUT2D eigenvalue weighted by molar-refractivity contribution is 5.80. The first-order chi connectivity index (χ1) is 8.84. The van der Waals surface area contributed by atoms with Crippen LogP contribution >= 0.6 is 0 Å². The van der Waals surface area contributed by atoms with E-state index in [0.29, 0.717) is 17.5 Å². The second-order valence-electron chi connectivity index (χ2n) is 7.99. The Balaban J connectivity index is 1.74. The standard InChI is InChI=1S/C16H28N2O/c1-10-12(6-8-17-10)13(19)18-14-15(2,3)11-5-7-16(14,4)9-11/h10-12,14,17H,5-9H2,1-4H3,(H,18,19). The van der Waals surface area contributed by atoms with Crippen molar-refractivity contribution in [3.8, 4) is 0 Å². The third-order valence-corrected chi connectivity index (χ3v) is 6.42. The van der Waals surface area contributed by atoms with Gasteiger partial charge in [-0.25, -0.2) is 0 Å². The van der Waals surface area contributed by atoms with Crippen molar-refractivity contribution in [3.63, 3.8) is 0 Å². The van der Waals surface area contributed by atoms with Crippen LogP contribution in [0.25, 0.3) is 0 Å². The molecule has 1 amide bonds. The Morgan fingerprint density at radius 2 is 2.00 bits per heavy atom. The predicted octanol–water partition coefficient (Wildman–Crippen LogP) is 2.32. The summed E-state index contributed by atoms with van der Waals surface area (Å²) in [4.78, 5) is 12.6. The van der Waals surface area contributed by atoms with Crippen LogP contribution in [0.5, 0.6) is 0 Å². The molecule has 2 saturated carbocycles. The molecule has 3 nitrogen and oxygen atoms in total. The molecule has 1 saturated heterocycles. The van der Waals surface area contributed by atoms with Crippen LogP contribution < -0.4 is 10.6 Å². The van der Waals surface area contributed by atoms with Gasteiger partial charge in [-0.2, -0.15) is 0 Å². The molecule has 2 bridgehead atoms. The highest BCUT2D eigenvalue weighted by Crippen LogP contribution is 2.62. The summed E-state index contributed by atoms with van der Waals surface area (Å²) >= 11 is 0. The third kappa shape index (κ3) is 1.93. The van der Waals surface area contributed by atoms with Crippen molar-refractivity contribution >= 4 is 5.91 Å². The summed E-state index contributed by atoms with van der Waals surface area (Å²) in [7, 11) is 0. The minimum atomic E-state index is 0.165. The van der Waals surface area contributed by atoms with Gasteiger partial charge in [-0.1, -0.05) is 20.8 Å². The number of nitrogens with one attached hydrogen (secondary N) is 2. The molecule has 2 aliphatic carbocycles. The molecule has 3 heteroatoms. The Morgan fingerprint density at radius 1 is 1.26 bits per heavy atom. The fourth-order valence-electron chi connectivity index (χ4n) is 5.13. The Labute approximate surface area is 116 Å². The average Bonchev–Trinajstić information content (AvgIpc) is 2.95. The molecule has 2 N–H and O–H groups in total. The highest BCUT2D eigenvalue weighted by Gasteiger charge is 2.59. The van der Waals surface area contributed by atoms with Gasteiger partial charge in [0.05, 0.1) is 5.92 Å². The van der Waals surface area contributed by atoms with E-state index in [1.54, 1.807) is 0 Å². The number of carbonyl (C=O) groups is 1. The van der Waals surface area contributed by atoms with Gasteiger partial charge in [-0.05, 0) is 55.9 Å². The Morgan fingerprint density at radius 3 is 2.53 bits per heavy atom. The molecule has 5 atom stereocenters. The van der Waals surface area contributed by atoms with Crippen molar-refractivity contribution in [3.05, 3.63) is 0 Å². The van der Waals surface area contributed by atoms with Crippen molar-refractivity contribution in [1.82, 2.24) is 10.6 Å². The Bertz CT molecular complexity index is 387. The van der Waals surface area contributed by atoms with E-state index in [2.05, 4.69) is 38.3 Å². The van der Waals surface area contributed by atoms with Crippen LogP contribution in [0, 0.1) is 22.7 Å². The summed E-state index contributed by atoms with van der Waals surface area (Å²) in [5, 5.41) is 6.81. The lowest BCUT2D eigenvalue weighted by atomic mass is 9.68. The molecule has 3 aliphatic rings. The van der Waals surface area contributed by atoms with E-state index < -0.39 is 0 Å². The summed E-state index contributed by atoms with van der Waals surface area (Å²) in [6.45, 7) is 10.2. The molecule has 19 heavy (non-hydrogen) atoms. The average molecular weight is 264 g/mol. The van der Waals surface area contributed by atoms with Crippen LogP contribution in [-0.2, 0) is 4.79 Å². The van der Waals surface area contributed by atoms with E-state index in [0.717, 1.165) is 18.9 Å². The fourth-order valence-corrected chi connectivity index (χ4v) is 5.13. The molecule has 3 rings (SSSR count). The molecule has 3 fully saturated rings. The van der Waals surface area contributed by atoms with E-state index in [1.807, 2.05) is 0 Å². The summed E-state index contributed by atoms with van der Waals surface area (Å²) in [6.07, 6.45) is 4.91. The second-order valence-corrected chi connectivity index (χ2v) is 7.99. The number of rotatable bonds is 2. The van der Waals surface area contributed by atoms with Crippen molar-refractivity contribution in [1.29, 1.82) is 0 Å². The summed E-state index contributed by atoms with van der Waals surface area (Å²) in [6, 6.07) is 0.688. The van der Waals surface area contributed by atoms with Crippen LogP contribution in [0.1, 0.15) is 53.4 Å². The summed E-state index contributed by atoms with van der Waals surface area (Å²) < 4.78 is 0.